The van der Waals surface area contributed by atoms with Crippen molar-refractivity contribution in [3.8, 4) is 0 Å². The van der Waals surface area contributed by atoms with E-state index in [2.05, 4.69) is 30.7 Å². The van der Waals surface area contributed by atoms with Crippen molar-refractivity contribution in [2.45, 2.75) is 23.0 Å². The van der Waals surface area contributed by atoms with Gasteiger partial charge < -0.3 is 21.3 Å². The molecular weight excluding hydrogens is 484 g/mol. The molecule has 35 heavy (non-hydrogen) atoms. The minimum atomic E-state index is -0.260. The van der Waals surface area contributed by atoms with Crippen molar-refractivity contribution in [1.29, 1.82) is 0 Å². The lowest BCUT2D eigenvalue weighted by Crippen LogP contribution is -2.56. The highest BCUT2D eigenvalue weighted by Gasteiger charge is 2.25. The van der Waals surface area contributed by atoms with E-state index in [9.17, 15) is 4.79 Å². The predicted octanol–water partition coefficient (Wildman–Crippen LogP) is 4.46. The molecule has 4 aromatic rings. The van der Waals surface area contributed by atoms with Crippen LogP contribution in [0.2, 0.25) is 5.02 Å². The number of aromatic amines is 1. The molecule has 2 aromatic heterocycles. The molecule has 0 atom stereocenters. The Morgan fingerprint density at radius 1 is 1.11 bits per heavy atom. The average molecular weight is 507 g/mol. The van der Waals surface area contributed by atoms with Crippen molar-refractivity contribution < 1.29 is 4.79 Å². The molecule has 1 aliphatic heterocycles. The van der Waals surface area contributed by atoms with Gasteiger partial charge in [-0.1, -0.05) is 23.7 Å². The smallest absolute Gasteiger partial charge is 0.257 e. The van der Waals surface area contributed by atoms with E-state index >= 15 is 0 Å². The molecule has 9 nitrogen and oxygen atoms in total. The van der Waals surface area contributed by atoms with Crippen LogP contribution in [0.5, 0.6) is 0 Å². The molecule has 3 heterocycles. The van der Waals surface area contributed by atoms with Gasteiger partial charge in [0.05, 0.1) is 10.6 Å². The zero-order valence-corrected chi connectivity index (χ0v) is 20.4. The van der Waals surface area contributed by atoms with Crippen LogP contribution in [0.1, 0.15) is 16.1 Å². The lowest BCUT2D eigenvalue weighted by atomic mass is 10.1. The molecule has 11 heteroatoms. The quantitative estimate of drug-likeness (QED) is 0.271. The standard InChI is InChI=1S/C24H23ClN8OS/c1-14-10-21(32-31-14)28-20-11-22(33-12-15(26)13-33)30-24(29-20)35-17-8-6-16(7-9-17)27-23(34)18-4-2-3-5-19(18)25/h2-11,15H,12-13,26H2,1H3,(H,27,34)(H2,28,29,30,31,32). The summed E-state index contributed by atoms with van der Waals surface area (Å²) in [6.45, 7) is 3.44. The summed E-state index contributed by atoms with van der Waals surface area (Å²) in [7, 11) is 0. The number of nitrogens with zero attached hydrogens (tertiary/aromatic N) is 4. The van der Waals surface area contributed by atoms with Gasteiger partial charge in [0, 0.05) is 47.5 Å². The number of anilines is 4. The topological polar surface area (TPSA) is 125 Å². The molecule has 0 bridgehead atoms. The number of halogens is 1. The number of amides is 1. The third-order valence-electron chi connectivity index (χ3n) is 5.33. The van der Waals surface area contributed by atoms with E-state index < -0.39 is 0 Å². The second-order valence-corrected chi connectivity index (χ2v) is 9.63. The van der Waals surface area contributed by atoms with E-state index in [0.717, 1.165) is 29.5 Å². The summed E-state index contributed by atoms with van der Waals surface area (Å²) in [5, 5.41) is 14.2. The van der Waals surface area contributed by atoms with Gasteiger partial charge in [0.1, 0.15) is 11.6 Å². The average Bonchev–Trinajstić information content (AvgIpc) is 3.22. The highest BCUT2D eigenvalue weighted by atomic mass is 35.5. The number of hydrogen-bond acceptors (Lipinski definition) is 8. The Morgan fingerprint density at radius 2 is 1.89 bits per heavy atom. The Morgan fingerprint density at radius 3 is 2.57 bits per heavy atom. The van der Waals surface area contributed by atoms with Crippen molar-refractivity contribution in [2.75, 3.05) is 28.6 Å². The van der Waals surface area contributed by atoms with E-state index in [-0.39, 0.29) is 11.9 Å². The van der Waals surface area contributed by atoms with E-state index in [1.54, 1.807) is 24.3 Å². The first-order chi connectivity index (χ1) is 16.9. The zero-order valence-electron chi connectivity index (χ0n) is 18.8. The van der Waals surface area contributed by atoms with Crippen LogP contribution in [0.15, 0.2) is 70.7 Å². The molecule has 5 rings (SSSR count). The van der Waals surface area contributed by atoms with Gasteiger partial charge in [-0.2, -0.15) is 5.10 Å². The van der Waals surface area contributed by atoms with Crippen LogP contribution < -0.4 is 21.3 Å². The molecule has 1 amide bonds. The third-order valence-corrected chi connectivity index (χ3v) is 6.53. The minimum Gasteiger partial charge on any atom is -0.353 e. The highest BCUT2D eigenvalue weighted by molar-refractivity contribution is 7.99. The number of benzene rings is 2. The Balaban J connectivity index is 1.32. The Bertz CT molecular complexity index is 1350. The normalized spacial score (nSPS) is 13.4. The first-order valence-corrected chi connectivity index (χ1v) is 12.1. The second-order valence-electron chi connectivity index (χ2n) is 8.18. The molecule has 0 saturated carbocycles. The van der Waals surface area contributed by atoms with Crippen LogP contribution in [0, 0.1) is 6.92 Å². The summed E-state index contributed by atoms with van der Waals surface area (Å²) >= 11 is 7.55. The van der Waals surface area contributed by atoms with Gasteiger partial charge in [-0.3, -0.25) is 9.89 Å². The maximum Gasteiger partial charge on any atom is 0.257 e. The van der Waals surface area contributed by atoms with E-state index in [0.29, 0.717) is 33.1 Å². The highest BCUT2D eigenvalue weighted by Crippen LogP contribution is 2.31. The van der Waals surface area contributed by atoms with Gasteiger partial charge >= 0.3 is 0 Å². The molecule has 0 radical (unpaired) electrons. The van der Waals surface area contributed by atoms with Gasteiger partial charge in [0.2, 0.25) is 0 Å². The van der Waals surface area contributed by atoms with Crippen LogP contribution in [0.25, 0.3) is 0 Å². The molecule has 1 saturated heterocycles. The van der Waals surface area contributed by atoms with Gasteiger partial charge in [0.15, 0.2) is 11.0 Å². The number of carbonyl (C=O) groups is 1. The Hall–Kier alpha value is -3.60. The molecular formula is C24H23ClN8OS. The number of rotatable bonds is 7. The van der Waals surface area contributed by atoms with Gasteiger partial charge in [0.25, 0.3) is 5.91 Å². The third kappa shape index (κ3) is 5.56. The molecule has 0 aliphatic carbocycles. The van der Waals surface area contributed by atoms with Crippen molar-refractivity contribution in [1.82, 2.24) is 20.2 Å². The van der Waals surface area contributed by atoms with E-state index in [1.165, 1.54) is 11.8 Å². The molecule has 1 aliphatic rings. The number of aromatic nitrogens is 4. The van der Waals surface area contributed by atoms with Crippen molar-refractivity contribution >= 4 is 52.4 Å². The number of nitrogens with one attached hydrogen (secondary N) is 3. The fourth-order valence-corrected chi connectivity index (χ4v) is 4.54. The maximum absolute atomic E-state index is 12.5. The number of nitrogens with two attached hydrogens (primary N) is 1. The number of aryl methyl sites for hydroxylation is 1. The second kappa shape index (κ2) is 9.95. The summed E-state index contributed by atoms with van der Waals surface area (Å²) in [6.07, 6.45) is 0. The summed E-state index contributed by atoms with van der Waals surface area (Å²) < 4.78 is 0. The van der Waals surface area contributed by atoms with Crippen LogP contribution >= 0.6 is 23.4 Å². The Labute approximate surface area is 211 Å². The van der Waals surface area contributed by atoms with Crippen LogP contribution in [0.4, 0.5) is 23.1 Å². The van der Waals surface area contributed by atoms with E-state index in [4.69, 9.17) is 22.3 Å². The summed E-state index contributed by atoms with van der Waals surface area (Å²) in [4.78, 5) is 24.9. The van der Waals surface area contributed by atoms with Crippen molar-refractivity contribution in [2.24, 2.45) is 5.73 Å². The van der Waals surface area contributed by atoms with Crippen LogP contribution in [0.3, 0.4) is 0 Å². The lowest BCUT2D eigenvalue weighted by Gasteiger charge is -2.37. The van der Waals surface area contributed by atoms with Crippen LogP contribution in [-0.4, -0.2) is 45.2 Å². The van der Waals surface area contributed by atoms with E-state index in [1.807, 2.05) is 43.3 Å². The molecule has 0 unspecified atom stereocenters. The monoisotopic (exact) mass is 506 g/mol. The molecule has 5 N–H and O–H groups in total. The SMILES string of the molecule is Cc1cc(Nc2cc(N3CC(N)C3)nc(Sc3ccc(NC(=O)c4ccccc4Cl)cc3)n2)n[nH]1. The maximum atomic E-state index is 12.5. The first kappa shape index (κ1) is 23.2. The fraction of sp³-hybridized carbons (Fsp3) is 0.167. The molecule has 2 aromatic carbocycles. The Kier molecular flexibility index (Phi) is 6.58. The number of H-pyrrole nitrogens is 1. The van der Waals surface area contributed by atoms with Gasteiger partial charge in [-0.05, 0) is 55.1 Å². The lowest BCUT2D eigenvalue weighted by molar-refractivity contribution is 0.102. The molecule has 0 spiro atoms. The van der Waals surface area contributed by atoms with Gasteiger partial charge in [-0.25, -0.2) is 9.97 Å². The summed E-state index contributed by atoms with van der Waals surface area (Å²) in [5.41, 5.74) is 8.01. The van der Waals surface area contributed by atoms with Crippen molar-refractivity contribution in [3.05, 3.63) is 76.9 Å². The fourth-order valence-electron chi connectivity index (χ4n) is 3.55. The van der Waals surface area contributed by atoms with Crippen molar-refractivity contribution in [3.63, 3.8) is 0 Å². The zero-order chi connectivity index (χ0) is 24.4. The van der Waals surface area contributed by atoms with Gasteiger partial charge in [-0.15, -0.1) is 0 Å². The number of hydrogen-bond donors (Lipinski definition) is 4. The molecule has 1 fully saturated rings. The first-order valence-electron chi connectivity index (χ1n) is 11.0. The minimum absolute atomic E-state index is 0.153. The largest absolute Gasteiger partial charge is 0.353 e. The summed E-state index contributed by atoms with van der Waals surface area (Å²) in [6, 6.07) is 18.4. The van der Waals surface area contributed by atoms with Crippen LogP contribution in [-0.2, 0) is 0 Å². The summed E-state index contributed by atoms with van der Waals surface area (Å²) in [5.74, 6) is 1.88. The molecule has 178 valence electrons. The predicted molar refractivity (Wildman–Crippen MR) is 139 cm³/mol. The number of carbonyl (C=O) groups excluding carboxylic acids is 1.